The smallest absolute Gasteiger partial charge is 0.252 e. The normalized spacial score (nSPS) is 16.4. The first-order valence-corrected chi connectivity index (χ1v) is 12.4. The number of ether oxygens (including phenoxy) is 1. The molecule has 1 amide bonds. The van der Waals surface area contributed by atoms with E-state index in [-0.39, 0.29) is 16.8 Å². The summed E-state index contributed by atoms with van der Waals surface area (Å²) in [7, 11) is -2.00. The monoisotopic (exact) mass is 444 g/mol. The highest BCUT2D eigenvalue weighted by Crippen LogP contribution is 2.24. The molecule has 1 heterocycles. The third-order valence-corrected chi connectivity index (χ3v) is 7.78. The van der Waals surface area contributed by atoms with Crippen LogP contribution in [-0.2, 0) is 10.0 Å². The second-order valence-corrected chi connectivity index (χ2v) is 9.94. The van der Waals surface area contributed by atoms with Crippen LogP contribution in [0.1, 0.15) is 66.6 Å². The zero-order chi connectivity index (χ0) is 22.4. The van der Waals surface area contributed by atoms with Crippen LogP contribution in [0.15, 0.2) is 47.4 Å². The maximum Gasteiger partial charge on any atom is 0.252 e. The van der Waals surface area contributed by atoms with E-state index >= 15 is 0 Å². The van der Waals surface area contributed by atoms with Gasteiger partial charge in [-0.2, -0.15) is 4.31 Å². The van der Waals surface area contributed by atoms with Gasteiger partial charge in [-0.15, -0.1) is 0 Å². The molecular formula is C24H32N2O4S. The number of methoxy groups -OCH3 is 1. The molecule has 0 unspecified atom stereocenters. The summed E-state index contributed by atoms with van der Waals surface area (Å²) in [4.78, 5) is 13.3. The highest BCUT2D eigenvalue weighted by Gasteiger charge is 2.26. The number of nitrogens with one attached hydrogen (secondary N) is 1. The van der Waals surface area contributed by atoms with Crippen LogP contribution in [0.5, 0.6) is 5.75 Å². The number of amides is 1. The SMILES string of the molecule is CC[C@H](NC(=O)c1cc(S(=O)(=O)N2CCCCCC2)ccc1C)c1ccc(OC)cc1. The van der Waals surface area contributed by atoms with Gasteiger partial charge < -0.3 is 10.1 Å². The zero-order valence-corrected chi connectivity index (χ0v) is 19.4. The number of aryl methyl sites for hydroxylation is 1. The molecule has 6 nitrogen and oxygen atoms in total. The first-order valence-electron chi connectivity index (χ1n) is 10.9. The Morgan fingerprint density at radius 2 is 1.71 bits per heavy atom. The molecule has 168 valence electrons. The Morgan fingerprint density at radius 3 is 2.29 bits per heavy atom. The lowest BCUT2D eigenvalue weighted by Crippen LogP contribution is -2.32. The molecule has 1 N–H and O–H groups in total. The molecule has 31 heavy (non-hydrogen) atoms. The average molecular weight is 445 g/mol. The maximum absolute atomic E-state index is 13.2. The Labute approximate surface area is 185 Å². The predicted molar refractivity (Wildman–Crippen MR) is 122 cm³/mol. The minimum atomic E-state index is -3.61. The van der Waals surface area contributed by atoms with E-state index in [0.717, 1.165) is 42.6 Å². The lowest BCUT2D eigenvalue weighted by atomic mass is 10.0. The van der Waals surface area contributed by atoms with Gasteiger partial charge in [-0.1, -0.05) is 38.0 Å². The van der Waals surface area contributed by atoms with Gasteiger partial charge in [0.1, 0.15) is 5.75 Å². The molecule has 0 aliphatic carbocycles. The number of carbonyl (C=O) groups excluding carboxylic acids is 1. The molecule has 0 bridgehead atoms. The molecule has 0 spiro atoms. The Balaban J connectivity index is 1.83. The number of benzene rings is 2. The minimum absolute atomic E-state index is 0.177. The van der Waals surface area contributed by atoms with Crippen molar-refractivity contribution >= 4 is 15.9 Å². The third kappa shape index (κ3) is 5.46. The molecule has 1 fully saturated rings. The molecule has 2 aromatic rings. The molecule has 1 aliphatic heterocycles. The number of hydrogen-bond donors (Lipinski definition) is 1. The lowest BCUT2D eigenvalue weighted by molar-refractivity contribution is 0.0934. The molecule has 0 radical (unpaired) electrons. The molecule has 7 heteroatoms. The summed E-state index contributed by atoms with van der Waals surface area (Å²) < 4.78 is 33.1. The molecule has 1 saturated heterocycles. The van der Waals surface area contributed by atoms with Crippen molar-refractivity contribution in [3.05, 3.63) is 59.2 Å². The topological polar surface area (TPSA) is 75.7 Å². The summed E-state index contributed by atoms with van der Waals surface area (Å²) in [5.41, 5.74) is 2.11. The number of sulfonamides is 1. The number of rotatable bonds is 7. The largest absolute Gasteiger partial charge is 0.497 e. The van der Waals surface area contributed by atoms with E-state index in [9.17, 15) is 13.2 Å². The van der Waals surface area contributed by atoms with Crippen LogP contribution in [-0.4, -0.2) is 38.8 Å². The zero-order valence-electron chi connectivity index (χ0n) is 18.6. The first-order chi connectivity index (χ1) is 14.9. The van der Waals surface area contributed by atoms with Crippen molar-refractivity contribution in [2.75, 3.05) is 20.2 Å². The van der Waals surface area contributed by atoms with E-state index in [2.05, 4.69) is 5.32 Å². The standard InChI is InChI=1S/C24H32N2O4S/c1-4-23(19-10-12-20(30-3)13-11-19)25-24(27)22-17-21(14-9-18(22)2)31(28,29)26-15-7-5-6-8-16-26/h9-14,17,23H,4-8,15-16H2,1-3H3,(H,25,27)/t23-/m0/s1. The van der Waals surface area contributed by atoms with E-state index in [1.807, 2.05) is 38.1 Å². The van der Waals surface area contributed by atoms with Crippen molar-refractivity contribution in [3.8, 4) is 5.75 Å². The van der Waals surface area contributed by atoms with Gasteiger partial charge in [-0.25, -0.2) is 8.42 Å². The van der Waals surface area contributed by atoms with Crippen LogP contribution in [0.25, 0.3) is 0 Å². The Bertz CT molecular complexity index is 995. The Morgan fingerprint density at radius 1 is 1.06 bits per heavy atom. The highest BCUT2D eigenvalue weighted by atomic mass is 32.2. The predicted octanol–water partition coefficient (Wildman–Crippen LogP) is 4.45. The fourth-order valence-corrected chi connectivity index (χ4v) is 5.47. The summed E-state index contributed by atoms with van der Waals surface area (Å²) in [5, 5.41) is 3.06. The van der Waals surface area contributed by atoms with Gasteiger partial charge in [0.15, 0.2) is 0 Å². The number of nitrogens with zero attached hydrogens (tertiary/aromatic N) is 1. The van der Waals surface area contributed by atoms with Crippen molar-refractivity contribution in [3.63, 3.8) is 0 Å². The van der Waals surface area contributed by atoms with Gasteiger partial charge in [0, 0.05) is 18.7 Å². The average Bonchev–Trinajstić information content (AvgIpc) is 3.08. The molecular weight excluding hydrogens is 412 g/mol. The molecule has 1 atom stereocenters. The van der Waals surface area contributed by atoms with Gasteiger partial charge in [0.25, 0.3) is 5.91 Å². The number of carbonyl (C=O) groups is 1. The van der Waals surface area contributed by atoms with Gasteiger partial charge >= 0.3 is 0 Å². The molecule has 3 rings (SSSR count). The van der Waals surface area contributed by atoms with E-state index in [4.69, 9.17) is 4.74 Å². The fourth-order valence-electron chi connectivity index (χ4n) is 3.93. The van der Waals surface area contributed by atoms with Crippen LogP contribution in [0, 0.1) is 6.92 Å². The van der Waals surface area contributed by atoms with Crippen LogP contribution >= 0.6 is 0 Å². The van der Waals surface area contributed by atoms with E-state index in [0.29, 0.717) is 25.1 Å². The number of hydrogen-bond acceptors (Lipinski definition) is 4. The van der Waals surface area contributed by atoms with Crippen LogP contribution in [0.3, 0.4) is 0 Å². The maximum atomic E-state index is 13.2. The van der Waals surface area contributed by atoms with Crippen molar-refractivity contribution in [2.45, 2.75) is 56.9 Å². The second kappa shape index (κ2) is 10.3. The summed E-state index contributed by atoms with van der Waals surface area (Å²) >= 11 is 0. The Kier molecular flexibility index (Phi) is 7.73. The van der Waals surface area contributed by atoms with Crippen molar-refractivity contribution in [1.82, 2.24) is 9.62 Å². The fraction of sp³-hybridized carbons (Fsp3) is 0.458. The van der Waals surface area contributed by atoms with Crippen molar-refractivity contribution < 1.29 is 17.9 Å². The third-order valence-electron chi connectivity index (χ3n) is 5.89. The van der Waals surface area contributed by atoms with Gasteiger partial charge in [-0.3, -0.25) is 4.79 Å². The molecule has 0 aromatic heterocycles. The second-order valence-electron chi connectivity index (χ2n) is 8.00. The van der Waals surface area contributed by atoms with Crippen molar-refractivity contribution in [1.29, 1.82) is 0 Å². The molecule has 1 aliphatic rings. The van der Waals surface area contributed by atoms with Gasteiger partial charge in [-0.05, 0) is 61.6 Å². The first kappa shape index (κ1) is 23.3. The van der Waals surface area contributed by atoms with Crippen LogP contribution in [0.2, 0.25) is 0 Å². The quantitative estimate of drug-likeness (QED) is 0.685. The summed E-state index contributed by atoms with van der Waals surface area (Å²) in [6, 6.07) is 12.3. The lowest BCUT2D eigenvalue weighted by Gasteiger charge is -2.21. The summed E-state index contributed by atoms with van der Waals surface area (Å²) in [6.45, 7) is 4.90. The summed E-state index contributed by atoms with van der Waals surface area (Å²) in [6.07, 6.45) is 4.56. The van der Waals surface area contributed by atoms with Crippen molar-refractivity contribution in [2.24, 2.45) is 0 Å². The van der Waals surface area contributed by atoms with E-state index in [1.54, 1.807) is 23.5 Å². The van der Waals surface area contributed by atoms with E-state index < -0.39 is 10.0 Å². The molecule has 0 saturated carbocycles. The minimum Gasteiger partial charge on any atom is -0.497 e. The summed E-state index contributed by atoms with van der Waals surface area (Å²) in [5.74, 6) is 0.486. The van der Waals surface area contributed by atoms with Gasteiger partial charge in [0.2, 0.25) is 10.0 Å². The van der Waals surface area contributed by atoms with Gasteiger partial charge in [0.05, 0.1) is 18.0 Å². The van der Waals surface area contributed by atoms with E-state index in [1.165, 1.54) is 6.07 Å². The van der Waals surface area contributed by atoms with Crippen LogP contribution < -0.4 is 10.1 Å². The molecule has 2 aromatic carbocycles. The van der Waals surface area contributed by atoms with Crippen LogP contribution in [0.4, 0.5) is 0 Å². The Hall–Kier alpha value is -2.38. The highest BCUT2D eigenvalue weighted by molar-refractivity contribution is 7.89.